The minimum Gasteiger partial charge on any atom is -0.462 e. The Labute approximate surface area is 416 Å². The molecule has 0 radical (unpaired) electrons. The summed E-state index contributed by atoms with van der Waals surface area (Å²) in [7, 11) is 0. The van der Waals surface area contributed by atoms with E-state index in [-0.39, 0.29) is 31.1 Å². The zero-order valence-corrected chi connectivity index (χ0v) is 44.9. The molecular weight excluding hydrogens is 829 g/mol. The molecule has 0 heterocycles. The summed E-state index contributed by atoms with van der Waals surface area (Å²) < 4.78 is 16.9. The molecule has 6 nitrogen and oxygen atoms in total. The minimum atomic E-state index is -0.774. The quantitative estimate of drug-likeness (QED) is 0.0262. The van der Waals surface area contributed by atoms with Crippen LogP contribution in [0.5, 0.6) is 0 Å². The number of unbranched alkanes of at least 4 members (excludes halogenated alkanes) is 37. The van der Waals surface area contributed by atoms with E-state index in [9.17, 15) is 14.4 Å². The Balaban J connectivity index is 4.31. The molecule has 67 heavy (non-hydrogen) atoms. The first-order valence-corrected chi connectivity index (χ1v) is 29.5. The summed E-state index contributed by atoms with van der Waals surface area (Å²) in [5.41, 5.74) is 0. The largest absolute Gasteiger partial charge is 0.462 e. The lowest BCUT2D eigenvalue weighted by Crippen LogP contribution is -2.30. The maximum atomic E-state index is 12.8. The standard InChI is InChI=1S/C61H112O6/c1-4-7-10-13-16-19-22-25-27-28-29-30-31-32-34-36-39-42-45-48-51-54-60(63)66-57-58(56-65-59(62)53-50-47-44-41-38-35-24-21-18-15-12-9-6-3)67-61(64)55-52-49-46-43-40-37-33-26-23-20-17-14-11-8-5-2/h21-22,24-25,28-29,58H,4-20,23,26-27,30-57H2,1-3H3/b24-21-,25-22-,29-28-. The van der Waals surface area contributed by atoms with Crippen molar-refractivity contribution in [2.75, 3.05) is 13.2 Å². The monoisotopic (exact) mass is 941 g/mol. The maximum absolute atomic E-state index is 12.8. The second-order valence-corrected chi connectivity index (χ2v) is 19.9. The number of hydrogen-bond donors (Lipinski definition) is 0. The zero-order chi connectivity index (χ0) is 48.6. The van der Waals surface area contributed by atoms with Gasteiger partial charge in [0.1, 0.15) is 13.2 Å². The van der Waals surface area contributed by atoms with Gasteiger partial charge in [-0.15, -0.1) is 0 Å². The van der Waals surface area contributed by atoms with Crippen molar-refractivity contribution >= 4 is 17.9 Å². The SMILES string of the molecule is CCCCCC/C=C\CCCCCCCC(=O)OCC(COC(=O)CCCCCCCCCCC/C=C\C/C=C\CCCCCCC)OC(=O)CCCCCCCCCCCCCCCCC. The zero-order valence-electron chi connectivity index (χ0n) is 44.9. The summed E-state index contributed by atoms with van der Waals surface area (Å²) in [6, 6.07) is 0. The minimum absolute atomic E-state index is 0.0734. The third kappa shape index (κ3) is 54.4. The Kier molecular flexibility index (Phi) is 54.2. The van der Waals surface area contributed by atoms with Crippen LogP contribution in [0.2, 0.25) is 0 Å². The summed E-state index contributed by atoms with van der Waals surface area (Å²) >= 11 is 0. The second-order valence-electron chi connectivity index (χ2n) is 19.9. The summed E-state index contributed by atoms with van der Waals surface area (Å²) in [6.07, 6.45) is 67.0. The molecule has 392 valence electrons. The van der Waals surface area contributed by atoms with Crippen LogP contribution < -0.4 is 0 Å². The molecule has 0 rings (SSSR count). The van der Waals surface area contributed by atoms with Gasteiger partial charge in [0.05, 0.1) is 0 Å². The van der Waals surface area contributed by atoms with Gasteiger partial charge >= 0.3 is 17.9 Å². The first-order chi connectivity index (χ1) is 33.0. The number of rotatable bonds is 54. The molecular formula is C61H112O6. The molecule has 0 aromatic carbocycles. The number of carbonyl (C=O) groups excluding carboxylic acids is 3. The van der Waals surface area contributed by atoms with Gasteiger partial charge in [-0.2, -0.15) is 0 Å². The van der Waals surface area contributed by atoms with Gasteiger partial charge in [0.2, 0.25) is 0 Å². The molecule has 0 aliphatic heterocycles. The van der Waals surface area contributed by atoms with Gasteiger partial charge in [-0.3, -0.25) is 14.4 Å². The van der Waals surface area contributed by atoms with E-state index in [2.05, 4.69) is 57.2 Å². The average Bonchev–Trinajstić information content (AvgIpc) is 3.33. The lowest BCUT2D eigenvalue weighted by Gasteiger charge is -2.18. The van der Waals surface area contributed by atoms with Crippen molar-refractivity contribution in [3.05, 3.63) is 36.5 Å². The van der Waals surface area contributed by atoms with Gasteiger partial charge in [-0.05, 0) is 77.0 Å². The van der Waals surface area contributed by atoms with Gasteiger partial charge in [-0.1, -0.05) is 256 Å². The van der Waals surface area contributed by atoms with E-state index in [0.717, 1.165) is 70.6 Å². The van der Waals surface area contributed by atoms with Crippen LogP contribution in [-0.2, 0) is 28.6 Å². The predicted octanol–water partition coefficient (Wildman–Crippen LogP) is 19.7. The van der Waals surface area contributed by atoms with Crippen molar-refractivity contribution in [1.82, 2.24) is 0 Å². The molecule has 0 spiro atoms. The van der Waals surface area contributed by atoms with E-state index in [1.807, 2.05) is 0 Å². The van der Waals surface area contributed by atoms with Crippen LogP contribution >= 0.6 is 0 Å². The number of allylic oxidation sites excluding steroid dienone is 6. The lowest BCUT2D eigenvalue weighted by molar-refractivity contribution is -0.167. The van der Waals surface area contributed by atoms with E-state index in [0.29, 0.717) is 19.3 Å². The molecule has 0 amide bonds. The Morgan fingerprint density at radius 2 is 0.537 bits per heavy atom. The smallest absolute Gasteiger partial charge is 0.306 e. The van der Waals surface area contributed by atoms with Crippen LogP contribution in [0.1, 0.15) is 316 Å². The van der Waals surface area contributed by atoms with E-state index < -0.39 is 6.10 Å². The Hall–Kier alpha value is -2.37. The van der Waals surface area contributed by atoms with Crippen molar-refractivity contribution in [1.29, 1.82) is 0 Å². The molecule has 0 fully saturated rings. The van der Waals surface area contributed by atoms with Gasteiger partial charge < -0.3 is 14.2 Å². The highest BCUT2D eigenvalue weighted by Crippen LogP contribution is 2.16. The molecule has 0 aromatic rings. The van der Waals surface area contributed by atoms with E-state index in [1.54, 1.807) is 0 Å². The van der Waals surface area contributed by atoms with Crippen molar-refractivity contribution in [2.45, 2.75) is 322 Å². The summed E-state index contributed by atoms with van der Waals surface area (Å²) in [5.74, 6) is -0.868. The van der Waals surface area contributed by atoms with Crippen LogP contribution in [0.4, 0.5) is 0 Å². The summed E-state index contributed by atoms with van der Waals surface area (Å²) in [6.45, 7) is 6.64. The van der Waals surface area contributed by atoms with Crippen LogP contribution in [0.15, 0.2) is 36.5 Å². The number of hydrogen-bond acceptors (Lipinski definition) is 6. The highest BCUT2D eigenvalue weighted by molar-refractivity contribution is 5.71. The molecule has 0 saturated heterocycles. The first kappa shape index (κ1) is 64.6. The molecule has 0 aliphatic rings. The van der Waals surface area contributed by atoms with Crippen LogP contribution in [0.3, 0.4) is 0 Å². The second kappa shape index (κ2) is 56.2. The number of esters is 3. The van der Waals surface area contributed by atoms with Crippen LogP contribution in [0.25, 0.3) is 0 Å². The maximum Gasteiger partial charge on any atom is 0.306 e. The summed E-state index contributed by atoms with van der Waals surface area (Å²) in [5, 5.41) is 0. The Morgan fingerprint density at radius 1 is 0.299 bits per heavy atom. The molecule has 6 heteroatoms. The van der Waals surface area contributed by atoms with E-state index in [4.69, 9.17) is 14.2 Å². The third-order valence-electron chi connectivity index (χ3n) is 13.1. The molecule has 1 unspecified atom stereocenters. The first-order valence-electron chi connectivity index (χ1n) is 29.5. The fourth-order valence-electron chi connectivity index (χ4n) is 8.65. The van der Waals surface area contributed by atoms with Gasteiger partial charge in [0.15, 0.2) is 6.10 Å². The van der Waals surface area contributed by atoms with Crippen molar-refractivity contribution < 1.29 is 28.6 Å². The number of carbonyl (C=O) groups is 3. The fraction of sp³-hybridized carbons (Fsp3) is 0.852. The van der Waals surface area contributed by atoms with Gasteiger partial charge in [0, 0.05) is 19.3 Å². The summed E-state index contributed by atoms with van der Waals surface area (Å²) in [4.78, 5) is 38.1. The van der Waals surface area contributed by atoms with Crippen molar-refractivity contribution in [3.8, 4) is 0 Å². The molecule has 0 aliphatic carbocycles. The van der Waals surface area contributed by atoms with Crippen molar-refractivity contribution in [3.63, 3.8) is 0 Å². The predicted molar refractivity (Wildman–Crippen MR) is 289 cm³/mol. The molecule has 0 aromatic heterocycles. The van der Waals surface area contributed by atoms with E-state index >= 15 is 0 Å². The van der Waals surface area contributed by atoms with Gasteiger partial charge in [0.25, 0.3) is 0 Å². The Morgan fingerprint density at radius 3 is 0.851 bits per heavy atom. The van der Waals surface area contributed by atoms with Crippen LogP contribution in [0, 0.1) is 0 Å². The molecule has 0 saturated carbocycles. The van der Waals surface area contributed by atoms with Crippen molar-refractivity contribution in [2.24, 2.45) is 0 Å². The molecule has 0 bridgehead atoms. The van der Waals surface area contributed by atoms with Gasteiger partial charge in [-0.25, -0.2) is 0 Å². The molecule has 1 atom stereocenters. The lowest BCUT2D eigenvalue weighted by atomic mass is 10.0. The molecule has 0 N–H and O–H groups in total. The number of ether oxygens (including phenoxy) is 3. The highest BCUT2D eigenvalue weighted by Gasteiger charge is 2.19. The average molecular weight is 942 g/mol. The Bertz CT molecular complexity index is 1130. The van der Waals surface area contributed by atoms with E-state index in [1.165, 1.54) is 205 Å². The topological polar surface area (TPSA) is 78.9 Å². The fourth-order valence-corrected chi connectivity index (χ4v) is 8.65. The van der Waals surface area contributed by atoms with Crippen LogP contribution in [-0.4, -0.2) is 37.2 Å². The normalized spacial score (nSPS) is 12.2. The highest BCUT2D eigenvalue weighted by atomic mass is 16.6. The third-order valence-corrected chi connectivity index (χ3v) is 13.1.